The number of hydrogen-bond donors (Lipinski definition) is 1. The third-order valence-corrected chi connectivity index (χ3v) is 5.40. The second kappa shape index (κ2) is 6.61. The summed E-state index contributed by atoms with van der Waals surface area (Å²) in [4.78, 5) is 28.6. The molecule has 0 unspecified atom stereocenters. The number of carbonyl (C=O) groups excluding carboxylic acids is 1. The van der Waals surface area contributed by atoms with Gasteiger partial charge >= 0.3 is 5.97 Å². The van der Waals surface area contributed by atoms with E-state index in [0.29, 0.717) is 13.1 Å². The molecule has 0 aliphatic carbocycles. The van der Waals surface area contributed by atoms with Crippen LogP contribution in [0.4, 0.5) is 0 Å². The number of aliphatic carboxylic acids is 1. The highest BCUT2D eigenvalue weighted by Crippen LogP contribution is 2.40. The lowest BCUT2D eigenvalue weighted by Gasteiger charge is -2.37. The van der Waals surface area contributed by atoms with Crippen molar-refractivity contribution in [3.05, 3.63) is 48.0 Å². The number of ether oxygens (including phenoxy) is 1. The minimum atomic E-state index is -0.946. The van der Waals surface area contributed by atoms with E-state index in [4.69, 9.17) is 4.74 Å². The summed E-state index contributed by atoms with van der Waals surface area (Å²) in [5, 5.41) is 9.47. The van der Waals surface area contributed by atoms with Crippen molar-refractivity contribution in [3.63, 3.8) is 0 Å². The van der Waals surface area contributed by atoms with Gasteiger partial charge in [-0.25, -0.2) is 0 Å². The van der Waals surface area contributed by atoms with Gasteiger partial charge in [0.2, 0.25) is 5.91 Å². The van der Waals surface area contributed by atoms with Crippen molar-refractivity contribution in [3.8, 4) is 0 Å². The zero-order chi connectivity index (χ0) is 17.4. The maximum absolute atomic E-state index is 12.9. The van der Waals surface area contributed by atoms with E-state index in [9.17, 15) is 14.7 Å². The summed E-state index contributed by atoms with van der Waals surface area (Å²) < 4.78 is 5.62. The quantitative estimate of drug-likeness (QED) is 0.826. The molecule has 1 N–H and O–H groups in total. The maximum Gasteiger partial charge on any atom is 0.310 e. The van der Waals surface area contributed by atoms with Gasteiger partial charge in [-0.2, -0.15) is 0 Å². The smallest absolute Gasteiger partial charge is 0.310 e. The first-order valence-corrected chi connectivity index (χ1v) is 8.75. The Hall–Kier alpha value is -2.18. The number of carboxylic acid groups (broad SMARTS) is 1. The van der Waals surface area contributed by atoms with Crippen molar-refractivity contribution in [2.45, 2.75) is 18.8 Å². The predicted molar refractivity (Wildman–Crippen MR) is 90.7 cm³/mol. The van der Waals surface area contributed by atoms with Crippen LogP contribution in [-0.2, 0) is 20.9 Å². The summed E-state index contributed by atoms with van der Waals surface area (Å²) in [5.41, 5.74) is 1.26. The largest absolute Gasteiger partial charge is 0.481 e. The lowest BCUT2D eigenvalue weighted by Crippen LogP contribution is -2.52. The van der Waals surface area contributed by atoms with E-state index >= 15 is 0 Å². The van der Waals surface area contributed by atoms with Crippen LogP contribution in [0, 0.1) is 11.8 Å². The summed E-state index contributed by atoms with van der Waals surface area (Å²) in [6, 6.07) is 10.3. The Labute approximate surface area is 146 Å². The number of amides is 1. The van der Waals surface area contributed by atoms with Gasteiger partial charge in [0.15, 0.2) is 0 Å². The van der Waals surface area contributed by atoms with Crippen molar-refractivity contribution in [1.82, 2.24) is 9.80 Å². The Bertz CT molecular complexity index is 682. The van der Waals surface area contributed by atoms with Crippen LogP contribution >= 0.6 is 0 Å². The molecular formula is C19H22N2O4. The average Bonchev–Trinajstić information content (AvgIpc) is 3.24. The van der Waals surface area contributed by atoms with Gasteiger partial charge in [-0.3, -0.25) is 14.5 Å². The topological polar surface area (TPSA) is 70.1 Å². The summed E-state index contributed by atoms with van der Waals surface area (Å²) >= 11 is 0. The second-order valence-corrected chi connectivity index (χ2v) is 6.93. The van der Waals surface area contributed by atoms with E-state index in [-0.39, 0.29) is 12.0 Å². The standard InChI is InChI=1S/C19H22N2O4/c22-18(16-14-6-7-15(25-14)17(16)19(23)24)21-10-8-20(9-11-21)12-13-4-2-1-3-5-13/h1-7,14-17H,8-12H2,(H,23,24)/t14-,15-,16-,17+/m1/s1. The molecule has 3 aliphatic rings. The van der Waals surface area contributed by atoms with Crippen LogP contribution in [0.1, 0.15) is 5.56 Å². The van der Waals surface area contributed by atoms with Crippen LogP contribution < -0.4 is 0 Å². The molecule has 2 bridgehead atoms. The lowest BCUT2D eigenvalue weighted by atomic mass is 9.82. The van der Waals surface area contributed by atoms with Crippen molar-refractivity contribution < 1.29 is 19.4 Å². The Morgan fingerprint density at radius 3 is 2.28 bits per heavy atom. The highest BCUT2D eigenvalue weighted by Gasteiger charge is 2.54. The van der Waals surface area contributed by atoms with Crippen LogP contribution in [0.25, 0.3) is 0 Å². The minimum Gasteiger partial charge on any atom is -0.481 e. The first-order valence-electron chi connectivity index (χ1n) is 8.75. The molecule has 3 aliphatic heterocycles. The molecule has 2 fully saturated rings. The third-order valence-electron chi connectivity index (χ3n) is 5.40. The van der Waals surface area contributed by atoms with Crippen LogP contribution in [0.3, 0.4) is 0 Å². The molecule has 1 amide bonds. The van der Waals surface area contributed by atoms with E-state index in [2.05, 4.69) is 17.0 Å². The molecule has 1 aromatic rings. The van der Waals surface area contributed by atoms with Crippen molar-refractivity contribution in [2.75, 3.05) is 26.2 Å². The highest BCUT2D eigenvalue weighted by atomic mass is 16.5. The predicted octanol–water partition coefficient (Wildman–Crippen LogP) is 0.985. The van der Waals surface area contributed by atoms with Crippen molar-refractivity contribution >= 4 is 11.9 Å². The Kier molecular flexibility index (Phi) is 4.31. The number of carboxylic acids is 1. The molecule has 1 aromatic carbocycles. The van der Waals surface area contributed by atoms with Crippen molar-refractivity contribution in [1.29, 1.82) is 0 Å². The first-order chi connectivity index (χ1) is 12.1. The maximum atomic E-state index is 12.9. The first kappa shape index (κ1) is 16.3. The van der Waals surface area contributed by atoms with Gasteiger partial charge in [-0.05, 0) is 5.56 Å². The fraction of sp³-hybridized carbons (Fsp3) is 0.474. The summed E-state index contributed by atoms with van der Waals surface area (Å²) in [6.07, 6.45) is 2.75. The normalized spacial score (nSPS) is 31.4. The molecule has 2 saturated heterocycles. The lowest BCUT2D eigenvalue weighted by molar-refractivity contribution is -0.150. The summed E-state index contributed by atoms with van der Waals surface area (Å²) in [7, 11) is 0. The number of hydrogen-bond acceptors (Lipinski definition) is 4. The molecule has 25 heavy (non-hydrogen) atoms. The zero-order valence-electron chi connectivity index (χ0n) is 14.0. The Morgan fingerprint density at radius 2 is 1.64 bits per heavy atom. The number of fused-ring (bicyclic) bond motifs is 2. The molecule has 0 radical (unpaired) electrons. The van der Waals surface area contributed by atoms with Gasteiger partial charge in [0.25, 0.3) is 0 Å². The number of rotatable bonds is 4. The van der Waals surface area contributed by atoms with Gasteiger partial charge in [0.1, 0.15) is 5.92 Å². The third kappa shape index (κ3) is 3.07. The van der Waals surface area contributed by atoms with E-state index in [0.717, 1.165) is 19.6 Å². The van der Waals surface area contributed by atoms with E-state index in [1.54, 1.807) is 11.0 Å². The SMILES string of the molecule is O=C(O)[C@@H]1[C@H](C(=O)N2CCN(Cc3ccccc3)CC2)[C@H]2C=C[C@H]1O2. The number of piperazine rings is 1. The van der Waals surface area contributed by atoms with Gasteiger partial charge in [-0.15, -0.1) is 0 Å². The number of nitrogens with zero attached hydrogens (tertiary/aromatic N) is 2. The van der Waals surface area contributed by atoms with Crippen LogP contribution in [0.2, 0.25) is 0 Å². The monoisotopic (exact) mass is 342 g/mol. The Morgan fingerprint density at radius 1 is 1.00 bits per heavy atom. The molecular weight excluding hydrogens is 320 g/mol. The Balaban J connectivity index is 1.37. The molecule has 0 aromatic heterocycles. The fourth-order valence-corrected chi connectivity index (χ4v) is 4.08. The van der Waals surface area contributed by atoms with Gasteiger partial charge in [0, 0.05) is 32.7 Å². The zero-order valence-corrected chi connectivity index (χ0v) is 14.0. The molecule has 6 nitrogen and oxygen atoms in total. The van der Waals surface area contributed by atoms with Gasteiger partial charge in [-0.1, -0.05) is 42.5 Å². The summed E-state index contributed by atoms with van der Waals surface area (Å²) in [6.45, 7) is 3.75. The molecule has 0 saturated carbocycles. The number of benzene rings is 1. The number of carbonyl (C=O) groups is 2. The van der Waals surface area contributed by atoms with E-state index in [1.165, 1.54) is 5.56 Å². The molecule has 3 heterocycles. The molecule has 132 valence electrons. The van der Waals surface area contributed by atoms with Crippen LogP contribution in [0.15, 0.2) is 42.5 Å². The average molecular weight is 342 g/mol. The van der Waals surface area contributed by atoms with Crippen LogP contribution in [-0.4, -0.2) is 65.2 Å². The van der Waals surface area contributed by atoms with Gasteiger partial charge < -0.3 is 14.7 Å². The fourth-order valence-electron chi connectivity index (χ4n) is 4.08. The molecule has 4 atom stereocenters. The van der Waals surface area contributed by atoms with Gasteiger partial charge in [0.05, 0.1) is 18.1 Å². The van der Waals surface area contributed by atoms with Crippen molar-refractivity contribution in [2.24, 2.45) is 11.8 Å². The minimum absolute atomic E-state index is 0.0800. The second-order valence-electron chi connectivity index (χ2n) is 6.93. The highest BCUT2D eigenvalue weighted by molar-refractivity contribution is 5.87. The molecule has 0 spiro atoms. The summed E-state index contributed by atoms with van der Waals surface area (Å²) in [5.74, 6) is -2.38. The van der Waals surface area contributed by atoms with E-state index < -0.39 is 23.9 Å². The van der Waals surface area contributed by atoms with E-state index in [1.807, 2.05) is 24.3 Å². The van der Waals surface area contributed by atoms with Crippen LogP contribution in [0.5, 0.6) is 0 Å². The molecule has 4 rings (SSSR count). The molecule has 6 heteroatoms.